The molecule has 4 nitrogen and oxygen atoms in total. The summed E-state index contributed by atoms with van der Waals surface area (Å²) in [4.78, 5) is 0. The molecule has 1 N–H and O–H groups in total. The molecule has 0 radical (unpaired) electrons. The number of rotatable bonds is 5. The summed E-state index contributed by atoms with van der Waals surface area (Å²) in [6.45, 7) is 4.84. The molecule has 0 saturated heterocycles. The number of hydrogen-bond acceptors (Lipinski definition) is 5. The lowest BCUT2D eigenvalue weighted by atomic mass is 10.2. The number of ether oxygens (including phenoxy) is 1. The normalized spacial score (nSPS) is 11.0. The topological polar surface area (TPSA) is 47.0 Å². The van der Waals surface area contributed by atoms with Crippen molar-refractivity contribution in [3.05, 3.63) is 29.0 Å². The van der Waals surface area contributed by atoms with E-state index < -0.39 is 0 Å². The summed E-state index contributed by atoms with van der Waals surface area (Å²) < 4.78 is 18.3. The zero-order valence-corrected chi connectivity index (χ0v) is 11.9. The molecule has 0 spiro atoms. The highest BCUT2D eigenvalue weighted by molar-refractivity contribution is 7.14. The van der Waals surface area contributed by atoms with Crippen molar-refractivity contribution >= 4 is 11.3 Å². The second kappa shape index (κ2) is 6.08. The Morgan fingerprint density at radius 1 is 1.37 bits per heavy atom. The lowest BCUT2D eigenvalue weighted by Gasteiger charge is -2.04. The van der Waals surface area contributed by atoms with E-state index in [0.717, 1.165) is 15.6 Å². The molecule has 0 atom stereocenters. The average molecular weight is 281 g/mol. The van der Waals surface area contributed by atoms with Gasteiger partial charge in [0.05, 0.1) is 7.11 Å². The van der Waals surface area contributed by atoms with Gasteiger partial charge in [-0.3, -0.25) is 0 Å². The fourth-order valence-electron chi connectivity index (χ4n) is 1.53. The molecule has 1 aromatic heterocycles. The van der Waals surface area contributed by atoms with E-state index in [4.69, 9.17) is 4.74 Å². The molecule has 0 amide bonds. The van der Waals surface area contributed by atoms with Crippen LogP contribution in [-0.2, 0) is 6.54 Å². The van der Waals surface area contributed by atoms with Crippen molar-refractivity contribution in [2.45, 2.75) is 26.4 Å². The Morgan fingerprint density at radius 3 is 2.84 bits per heavy atom. The van der Waals surface area contributed by atoms with Crippen LogP contribution in [0.4, 0.5) is 4.39 Å². The van der Waals surface area contributed by atoms with Crippen molar-refractivity contribution in [3.8, 4) is 16.3 Å². The van der Waals surface area contributed by atoms with Gasteiger partial charge in [0.1, 0.15) is 10.0 Å². The van der Waals surface area contributed by atoms with Gasteiger partial charge in [-0.05, 0) is 18.2 Å². The summed E-state index contributed by atoms with van der Waals surface area (Å²) in [6, 6.07) is 5.09. The van der Waals surface area contributed by atoms with Crippen LogP contribution in [0, 0.1) is 5.82 Å². The highest BCUT2D eigenvalue weighted by atomic mass is 32.1. The third kappa shape index (κ3) is 3.48. The molecular weight excluding hydrogens is 265 g/mol. The highest BCUT2D eigenvalue weighted by Gasteiger charge is 2.10. The number of benzene rings is 1. The minimum absolute atomic E-state index is 0.217. The summed E-state index contributed by atoms with van der Waals surface area (Å²) in [5, 5.41) is 13.2. The zero-order chi connectivity index (χ0) is 13.8. The zero-order valence-electron chi connectivity index (χ0n) is 11.1. The Kier molecular flexibility index (Phi) is 4.44. The van der Waals surface area contributed by atoms with Crippen LogP contribution in [0.25, 0.3) is 10.6 Å². The molecule has 0 aliphatic heterocycles. The van der Waals surface area contributed by atoms with Gasteiger partial charge in [-0.1, -0.05) is 25.2 Å². The lowest BCUT2D eigenvalue weighted by molar-refractivity contribution is 0.387. The standard InChI is InChI=1S/C13H16FN3OS/c1-8(2)15-7-12-16-17-13(19-12)9-4-5-10(14)11(6-9)18-3/h4-6,8,15H,7H2,1-3H3. The van der Waals surface area contributed by atoms with Gasteiger partial charge in [-0.2, -0.15) is 0 Å². The van der Waals surface area contributed by atoms with Gasteiger partial charge in [-0.25, -0.2) is 4.39 Å². The predicted molar refractivity (Wildman–Crippen MR) is 73.8 cm³/mol. The maximum atomic E-state index is 13.3. The van der Waals surface area contributed by atoms with E-state index in [1.54, 1.807) is 12.1 Å². The highest BCUT2D eigenvalue weighted by Crippen LogP contribution is 2.28. The van der Waals surface area contributed by atoms with Gasteiger partial charge >= 0.3 is 0 Å². The molecule has 0 saturated carbocycles. The number of methoxy groups -OCH3 is 1. The fourth-order valence-corrected chi connectivity index (χ4v) is 2.31. The van der Waals surface area contributed by atoms with Crippen molar-refractivity contribution in [3.63, 3.8) is 0 Å². The van der Waals surface area contributed by atoms with E-state index in [9.17, 15) is 4.39 Å². The van der Waals surface area contributed by atoms with Crippen LogP contribution < -0.4 is 10.1 Å². The first-order valence-corrected chi connectivity index (χ1v) is 6.81. The summed E-state index contributed by atoms with van der Waals surface area (Å²) >= 11 is 1.49. The fraction of sp³-hybridized carbons (Fsp3) is 0.385. The predicted octanol–water partition coefficient (Wildman–Crippen LogP) is 2.85. The van der Waals surface area contributed by atoms with E-state index in [0.29, 0.717) is 12.6 Å². The van der Waals surface area contributed by atoms with Gasteiger partial charge in [0.2, 0.25) is 0 Å². The second-order valence-corrected chi connectivity index (χ2v) is 5.45. The first kappa shape index (κ1) is 13.9. The summed E-state index contributed by atoms with van der Waals surface area (Å²) in [5.74, 6) is -0.160. The van der Waals surface area contributed by atoms with Gasteiger partial charge in [-0.15, -0.1) is 10.2 Å². The van der Waals surface area contributed by atoms with Crippen molar-refractivity contribution < 1.29 is 9.13 Å². The molecule has 1 aromatic carbocycles. The molecule has 0 bridgehead atoms. The van der Waals surface area contributed by atoms with Crippen LogP contribution in [0.2, 0.25) is 0 Å². The maximum absolute atomic E-state index is 13.3. The van der Waals surface area contributed by atoms with Gasteiger partial charge < -0.3 is 10.1 Å². The van der Waals surface area contributed by atoms with E-state index >= 15 is 0 Å². The van der Waals surface area contributed by atoms with Gasteiger partial charge in [0.15, 0.2) is 11.6 Å². The van der Waals surface area contributed by atoms with Crippen molar-refractivity contribution in [2.75, 3.05) is 7.11 Å². The van der Waals surface area contributed by atoms with Crippen molar-refractivity contribution in [1.29, 1.82) is 0 Å². The SMILES string of the molecule is COc1cc(-c2nnc(CNC(C)C)s2)ccc1F. The molecule has 1 heterocycles. The molecule has 2 aromatic rings. The first-order valence-electron chi connectivity index (χ1n) is 6.00. The molecule has 19 heavy (non-hydrogen) atoms. The van der Waals surface area contributed by atoms with Crippen LogP contribution in [0.15, 0.2) is 18.2 Å². The van der Waals surface area contributed by atoms with Crippen molar-refractivity contribution in [1.82, 2.24) is 15.5 Å². The monoisotopic (exact) mass is 281 g/mol. The Hall–Kier alpha value is -1.53. The smallest absolute Gasteiger partial charge is 0.165 e. The first-order chi connectivity index (χ1) is 9.10. The number of aromatic nitrogens is 2. The molecule has 0 unspecified atom stereocenters. The number of nitrogens with one attached hydrogen (secondary N) is 1. The minimum Gasteiger partial charge on any atom is -0.494 e. The lowest BCUT2D eigenvalue weighted by Crippen LogP contribution is -2.21. The Balaban J connectivity index is 2.18. The molecule has 0 fully saturated rings. The van der Waals surface area contributed by atoms with Gasteiger partial charge in [0, 0.05) is 18.2 Å². The summed E-state index contributed by atoms with van der Waals surface area (Å²) in [7, 11) is 1.44. The average Bonchev–Trinajstić information content (AvgIpc) is 2.86. The molecule has 0 aliphatic rings. The Morgan fingerprint density at radius 2 is 2.16 bits per heavy atom. The molecule has 6 heteroatoms. The largest absolute Gasteiger partial charge is 0.494 e. The van der Waals surface area contributed by atoms with E-state index in [1.807, 2.05) is 0 Å². The minimum atomic E-state index is -0.377. The third-order valence-corrected chi connectivity index (χ3v) is 3.50. The Labute approximate surface area is 115 Å². The van der Waals surface area contributed by atoms with Crippen LogP contribution in [0.3, 0.4) is 0 Å². The van der Waals surface area contributed by atoms with Crippen LogP contribution in [-0.4, -0.2) is 23.3 Å². The second-order valence-electron chi connectivity index (χ2n) is 4.39. The van der Waals surface area contributed by atoms with Crippen molar-refractivity contribution in [2.24, 2.45) is 0 Å². The van der Waals surface area contributed by atoms with Crippen LogP contribution in [0.1, 0.15) is 18.9 Å². The summed E-state index contributed by atoms with van der Waals surface area (Å²) in [6.07, 6.45) is 0. The Bertz CT molecular complexity index is 557. The third-order valence-electron chi connectivity index (χ3n) is 2.53. The number of nitrogens with zero attached hydrogens (tertiary/aromatic N) is 2. The molecule has 102 valence electrons. The molecule has 2 rings (SSSR count). The van der Waals surface area contributed by atoms with Gasteiger partial charge in [0.25, 0.3) is 0 Å². The summed E-state index contributed by atoms with van der Waals surface area (Å²) in [5.41, 5.74) is 0.812. The maximum Gasteiger partial charge on any atom is 0.165 e. The quantitative estimate of drug-likeness (QED) is 0.915. The van der Waals surface area contributed by atoms with E-state index in [-0.39, 0.29) is 11.6 Å². The number of halogens is 1. The molecule has 0 aliphatic carbocycles. The van der Waals surface area contributed by atoms with Crippen LogP contribution in [0.5, 0.6) is 5.75 Å². The van der Waals surface area contributed by atoms with Crippen LogP contribution >= 0.6 is 11.3 Å². The van der Waals surface area contributed by atoms with E-state index in [1.165, 1.54) is 24.5 Å². The van der Waals surface area contributed by atoms with E-state index in [2.05, 4.69) is 29.4 Å². The molecular formula is C13H16FN3OS. The number of hydrogen-bond donors (Lipinski definition) is 1.